The van der Waals surface area contributed by atoms with E-state index < -0.39 is 0 Å². The summed E-state index contributed by atoms with van der Waals surface area (Å²) in [5.41, 5.74) is 3.20. The molecule has 0 spiro atoms. The van der Waals surface area contributed by atoms with Gasteiger partial charge in [0.15, 0.2) is 5.82 Å². The van der Waals surface area contributed by atoms with Gasteiger partial charge in [0.05, 0.1) is 11.7 Å². The molecule has 1 atom stereocenters. The van der Waals surface area contributed by atoms with E-state index in [4.69, 9.17) is 9.51 Å². The molecule has 3 aromatic rings. The van der Waals surface area contributed by atoms with Crippen molar-refractivity contribution in [3.05, 3.63) is 53.2 Å². The number of aryl methyl sites for hydroxylation is 2. The minimum atomic E-state index is 0.267. The van der Waals surface area contributed by atoms with Gasteiger partial charge in [0.25, 0.3) is 0 Å². The highest BCUT2D eigenvalue weighted by Crippen LogP contribution is 2.33. The van der Waals surface area contributed by atoms with Crippen LogP contribution in [0.1, 0.15) is 41.7 Å². The minimum absolute atomic E-state index is 0.267. The zero-order chi connectivity index (χ0) is 16.5. The van der Waals surface area contributed by atoms with Crippen LogP contribution in [0.25, 0.3) is 11.4 Å². The standard InChI is InChI=1S/C18H21N5O/c1-12-15(13(2)24-22-12)11-23-10-6-9-16(23)18-19-17(20-21-18)14-7-4-3-5-8-14/h3-5,7-8,16H,6,9-11H2,1-2H3,(H,19,20,21)/t16-/m1/s1. The van der Waals surface area contributed by atoms with E-state index in [1.54, 1.807) is 0 Å². The zero-order valence-corrected chi connectivity index (χ0v) is 14.0. The lowest BCUT2D eigenvalue weighted by Gasteiger charge is -2.22. The van der Waals surface area contributed by atoms with E-state index in [0.29, 0.717) is 0 Å². The van der Waals surface area contributed by atoms with Crippen molar-refractivity contribution in [3.8, 4) is 11.4 Å². The van der Waals surface area contributed by atoms with Crippen LogP contribution in [-0.4, -0.2) is 31.8 Å². The lowest BCUT2D eigenvalue weighted by Crippen LogP contribution is -2.24. The molecular weight excluding hydrogens is 302 g/mol. The van der Waals surface area contributed by atoms with Crippen molar-refractivity contribution >= 4 is 0 Å². The first-order chi connectivity index (χ1) is 11.7. The molecule has 1 fully saturated rings. The average molecular weight is 323 g/mol. The SMILES string of the molecule is Cc1noc(C)c1CN1CCC[C@@H]1c1nc(-c2ccccc2)n[nH]1. The Balaban J connectivity index is 1.56. The molecule has 1 saturated heterocycles. The van der Waals surface area contributed by atoms with Gasteiger partial charge in [-0.05, 0) is 33.2 Å². The molecule has 4 rings (SSSR count). The fraction of sp³-hybridized carbons (Fsp3) is 0.389. The molecular formula is C18H21N5O. The number of aromatic nitrogens is 4. The van der Waals surface area contributed by atoms with Crippen molar-refractivity contribution in [2.24, 2.45) is 0 Å². The Labute approximate surface area is 140 Å². The summed E-state index contributed by atoms with van der Waals surface area (Å²) in [6, 6.07) is 10.3. The van der Waals surface area contributed by atoms with E-state index in [1.165, 1.54) is 5.56 Å². The van der Waals surface area contributed by atoms with Gasteiger partial charge in [-0.3, -0.25) is 10.00 Å². The molecule has 0 saturated carbocycles. The van der Waals surface area contributed by atoms with Crippen molar-refractivity contribution in [2.45, 2.75) is 39.3 Å². The summed E-state index contributed by atoms with van der Waals surface area (Å²) in [6.45, 7) is 5.87. The number of benzene rings is 1. The van der Waals surface area contributed by atoms with Crippen molar-refractivity contribution < 1.29 is 4.52 Å². The average Bonchev–Trinajstić information content (AvgIpc) is 3.32. The van der Waals surface area contributed by atoms with Gasteiger partial charge in [-0.1, -0.05) is 35.5 Å². The van der Waals surface area contributed by atoms with Gasteiger partial charge in [-0.2, -0.15) is 5.10 Å². The van der Waals surface area contributed by atoms with Crippen LogP contribution in [0.2, 0.25) is 0 Å². The molecule has 3 heterocycles. The molecule has 0 amide bonds. The van der Waals surface area contributed by atoms with Crippen LogP contribution in [0, 0.1) is 13.8 Å². The fourth-order valence-corrected chi connectivity index (χ4v) is 3.40. The number of rotatable bonds is 4. The minimum Gasteiger partial charge on any atom is -0.361 e. The molecule has 2 aromatic heterocycles. The van der Waals surface area contributed by atoms with Crippen LogP contribution < -0.4 is 0 Å². The second kappa shape index (κ2) is 6.20. The number of hydrogen-bond acceptors (Lipinski definition) is 5. The highest BCUT2D eigenvalue weighted by molar-refractivity contribution is 5.53. The Bertz CT molecular complexity index is 804. The highest BCUT2D eigenvalue weighted by atomic mass is 16.5. The van der Waals surface area contributed by atoms with E-state index in [9.17, 15) is 0 Å². The van der Waals surface area contributed by atoms with Crippen molar-refractivity contribution in [1.82, 2.24) is 25.2 Å². The van der Waals surface area contributed by atoms with Crippen LogP contribution >= 0.6 is 0 Å². The summed E-state index contributed by atoms with van der Waals surface area (Å²) in [6.07, 6.45) is 2.25. The molecule has 1 aliphatic heterocycles. The predicted molar refractivity (Wildman–Crippen MR) is 90.2 cm³/mol. The van der Waals surface area contributed by atoms with Gasteiger partial charge in [0, 0.05) is 17.7 Å². The summed E-state index contributed by atoms with van der Waals surface area (Å²) in [7, 11) is 0. The molecule has 6 nitrogen and oxygen atoms in total. The molecule has 24 heavy (non-hydrogen) atoms. The fourth-order valence-electron chi connectivity index (χ4n) is 3.40. The topological polar surface area (TPSA) is 70.8 Å². The smallest absolute Gasteiger partial charge is 0.181 e. The quantitative estimate of drug-likeness (QED) is 0.796. The van der Waals surface area contributed by atoms with Gasteiger partial charge in [0.1, 0.15) is 11.6 Å². The summed E-state index contributed by atoms with van der Waals surface area (Å²) in [4.78, 5) is 7.17. The zero-order valence-electron chi connectivity index (χ0n) is 14.0. The molecule has 1 aliphatic rings. The van der Waals surface area contributed by atoms with Crippen LogP contribution in [0.5, 0.6) is 0 Å². The monoisotopic (exact) mass is 323 g/mol. The highest BCUT2D eigenvalue weighted by Gasteiger charge is 2.30. The van der Waals surface area contributed by atoms with Gasteiger partial charge >= 0.3 is 0 Å². The number of nitrogens with one attached hydrogen (secondary N) is 1. The second-order valence-corrected chi connectivity index (χ2v) is 6.34. The Kier molecular flexibility index (Phi) is 3.90. The maximum absolute atomic E-state index is 5.30. The Morgan fingerprint density at radius 3 is 2.83 bits per heavy atom. The van der Waals surface area contributed by atoms with Gasteiger partial charge in [0.2, 0.25) is 0 Å². The third kappa shape index (κ3) is 2.73. The molecule has 6 heteroatoms. The largest absolute Gasteiger partial charge is 0.361 e. The molecule has 0 aliphatic carbocycles. The maximum Gasteiger partial charge on any atom is 0.181 e. The van der Waals surface area contributed by atoms with Gasteiger partial charge in [-0.15, -0.1) is 0 Å². The van der Waals surface area contributed by atoms with Gasteiger partial charge < -0.3 is 4.52 Å². The van der Waals surface area contributed by atoms with Crippen molar-refractivity contribution in [2.75, 3.05) is 6.54 Å². The van der Waals surface area contributed by atoms with E-state index in [-0.39, 0.29) is 6.04 Å². The first kappa shape index (κ1) is 15.1. The number of aromatic amines is 1. The first-order valence-corrected chi connectivity index (χ1v) is 8.36. The number of likely N-dealkylation sites (tertiary alicyclic amines) is 1. The Morgan fingerprint density at radius 1 is 1.25 bits per heavy atom. The van der Waals surface area contributed by atoms with Crippen LogP contribution in [0.15, 0.2) is 34.9 Å². The predicted octanol–water partition coefficient (Wildman–Crippen LogP) is 3.41. The third-order valence-corrected chi connectivity index (χ3v) is 4.76. The van der Waals surface area contributed by atoms with Gasteiger partial charge in [-0.25, -0.2) is 4.98 Å². The lowest BCUT2D eigenvalue weighted by molar-refractivity contribution is 0.238. The van der Waals surface area contributed by atoms with Crippen LogP contribution in [0.3, 0.4) is 0 Å². The molecule has 1 aromatic carbocycles. The summed E-state index contributed by atoms with van der Waals surface area (Å²) in [5, 5.41) is 11.6. The van der Waals surface area contributed by atoms with Crippen LogP contribution in [0.4, 0.5) is 0 Å². The van der Waals surface area contributed by atoms with Crippen molar-refractivity contribution in [1.29, 1.82) is 0 Å². The lowest BCUT2D eigenvalue weighted by atomic mass is 10.1. The number of nitrogens with zero attached hydrogens (tertiary/aromatic N) is 4. The summed E-state index contributed by atoms with van der Waals surface area (Å²) >= 11 is 0. The summed E-state index contributed by atoms with van der Waals surface area (Å²) in [5.74, 6) is 2.61. The van der Waals surface area contributed by atoms with E-state index in [0.717, 1.165) is 54.6 Å². The van der Waals surface area contributed by atoms with E-state index >= 15 is 0 Å². The molecule has 0 unspecified atom stereocenters. The number of H-pyrrole nitrogens is 1. The van der Waals surface area contributed by atoms with E-state index in [2.05, 4.69) is 20.3 Å². The Hall–Kier alpha value is -2.47. The van der Waals surface area contributed by atoms with Crippen LogP contribution in [-0.2, 0) is 6.54 Å². The molecule has 0 bridgehead atoms. The molecule has 0 radical (unpaired) electrons. The summed E-state index contributed by atoms with van der Waals surface area (Å²) < 4.78 is 5.30. The van der Waals surface area contributed by atoms with Crippen molar-refractivity contribution in [3.63, 3.8) is 0 Å². The Morgan fingerprint density at radius 2 is 2.08 bits per heavy atom. The molecule has 1 N–H and O–H groups in total. The maximum atomic E-state index is 5.30. The third-order valence-electron chi connectivity index (χ3n) is 4.76. The number of hydrogen-bond donors (Lipinski definition) is 1. The first-order valence-electron chi connectivity index (χ1n) is 8.36. The second-order valence-electron chi connectivity index (χ2n) is 6.34. The molecule has 124 valence electrons. The normalized spacial score (nSPS) is 18.3. The van der Waals surface area contributed by atoms with E-state index in [1.807, 2.05) is 44.2 Å².